The first kappa shape index (κ1) is 14.7. The molecule has 0 bridgehead atoms. The fourth-order valence-electron chi connectivity index (χ4n) is 1.83. The zero-order valence-electron chi connectivity index (χ0n) is 11.8. The molecule has 1 aromatic heterocycles. The second-order valence-corrected chi connectivity index (χ2v) is 4.70. The monoisotopic (exact) mass is 247 g/mol. The average Bonchev–Trinajstić information content (AvgIpc) is 2.36. The van der Waals surface area contributed by atoms with Gasteiger partial charge in [-0.1, -0.05) is 19.1 Å². The quantitative estimate of drug-likeness (QED) is 0.565. The highest BCUT2D eigenvalue weighted by molar-refractivity contribution is 5.41. The van der Waals surface area contributed by atoms with Crippen molar-refractivity contribution < 1.29 is 0 Å². The van der Waals surface area contributed by atoms with Crippen LogP contribution >= 0.6 is 0 Å². The molecule has 0 atom stereocenters. The Morgan fingerprint density at radius 1 is 1.44 bits per heavy atom. The summed E-state index contributed by atoms with van der Waals surface area (Å²) >= 11 is 0. The van der Waals surface area contributed by atoms with E-state index in [2.05, 4.69) is 55.8 Å². The van der Waals surface area contributed by atoms with Crippen molar-refractivity contribution in [1.29, 1.82) is 0 Å². The van der Waals surface area contributed by atoms with Gasteiger partial charge >= 0.3 is 0 Å². The molecule has 0 unspecified atom stereocenters. The molecule has 0 amide bonds. The number of hydrogen-bond acceptors (Lipinski definition) is 3. The molecular weight excluding hydrogens is 222 g/mol. The summed E-state index contributed by atoms with van der Waals surface area (Å²) in [6.07, 6.45) is 3.07. The van der Waals surface area contributed by atoms with Gasteiger partial charge in [-0.2, -0.15) is 0 Å². The molecule has 0 aliphatic rings. The number of nitrogens with zero attached hydrogens (tertiary/aromatic N) is 2. The minimum atomic E-state index is 0.425. The molecule has 3 nitrogen and oxygen atoms in total. The Morgan fingerprint density at radius 3 is 2.83 bits per heavy atom. The standard InChI is InChI=1S/C15H25N3/c1-5-10-16-12-14-8-7-9-15(17-14)18(11-6-2)13(3)4/h6-9,13,16H,2,5,10-12H2,1,3-4H3. The maximum Gasteiger partial charge on any atom is 0.129 e. The van der Waals surface area contributed by atoms with Crippen LogP contribution in [-0.4, -0.2) is 24.1 Å². The van der Waals surface area contributed by atoms with Gasteiger partial charge in [0.05, 0.1) is 5.69 Å². The van der Waals surface area contributed by atoms with Crippen LogP contribution in [-0.2, 0) is 6.54 Å². The van der Waals surface area contributed by atoms with Gasteiger partial charge in [0.2, 0.25) is 0 Å². The smallest absolute Gasteiger partial charge is 0.129 e. The van der Waals surface area contributed by atoms with Gasteiger partial charge in [0, 0.05) is 19.1 Å². The largest absolute Gasteiger partial charge is 0.350 e. The SMILES string of the molecule is C=CCN(c1cccc(CNCCC)n1)C(C)C. The van der Waals surface area contributed by atoms with Crippen LogP contribution in [0.1, 0.15) is 32.9 Å². The molecule has 1 aromatic rings. The van der Waals surface area contributed by atoms with Gasteiger partial charge in [-0.25, -0.2) is 4.98 Å². The summed E-state index contributed by atoms with van der Waals surface area (Å²) in [6, 6.07) is 6.63. The molecule has 1 heterocycles. The van der Waals surface area contributed by atoms with E-state index in [9.17, 15) is 0 Å². The Kier molecular flexibility index (Phi) is 6.44. The molecule has 0 saturated heterocycles. The molecule has 0 aliphatic carbocycles. The molecule has 1 N–H and O–H groups in total. The Hall–Kier alpha value is -1.35. The number of pyridine rings is 1. The summed E-state index contributed by atoms with van der Waals surface area (Å²) in [6.45, 7) is 13.0. The molecular formula is C15H25N3. The van der Waals surface area contributed by atoms with E-state index >= 15 is 0 Å². The molecule has 0 aromatic carbocycles. The fourth-order valence-corrected chi connectivity index (χ4v) is 1.83. The first-order valence-corrected chi connectivity index (χ1v) is 6.73. The number of anilines is 1. The van der Waals surface area contributed by atoms with Gasteiger partial charge in [-0.15, -0.1) is 6.58 Å². The Morgan fingerprint density at radius 2 is 2.22 bits per heavy atom. The Labute approximate surface area is 111 Å². The first-order valence-electron chi connectivity index (χ1n) is 6.73. The van der Waals surface area contributed by atoms with Crippen molar-refractivity contribution in [3.8, 4) is 0 Å². The Balaban J connectivity index is 2.75. The van der Waals surface area contributed by atoms with Crippen LogP contribution in [0.15, 0.2) is 30.9 Å². The van der Waals surface area contributed by atoms with Gasteiger partial charge in [-0.05, 0) is 38.9 Å². The van der Waals surface area contributed by atoms with Crippen LogP contribution in [0.25, 0.3) is 0 Å². The lowest BCUT2D eigenvalue weighted by atomic mass is 10.2. The van der Waals surface area contributed by atoms with Crippen molar-refractivity contribution in [1.82, 2.24) is 10.3 Å². The first-order chi connectivity index (χ1) is 8.69. The molecule has 18 heavy (non-hydrogen) atoms. The lowest BCUT2D eigenvalue weighted by Crippen LogP contribution is -2.31. The third kappa shape index (κ3) is 4.49. The van der Waals surface area contributed by atoms with E-state index < -0.39 is 0 Å². The summed E-state index contributed by atoms with van der Waals surface area (Å²) < 4.78 is 0. The molecule has 0 aliphatic heterocycles. The molecule has 3 heteroatoms. The fraction of sp³-hybridized carbons (Fsp3) is 0.533. The zero-order chi connectivity index (χ0) is 13.4. The third-order valence-corrected chi connectivity index (χ3v) is 2.77. The van der Waals surface area contributed by atoms with Gasteiger partial charge in [0.15, 0.2) is 0 Å². The van der Waals surface area contributed by atoms with Gasteiger partial charge in [0.25, 0.3) is 0 Å². The zero-order valence-corrected chi connectivity index (χ0v) is 11.8. The van der Waals surface area contributed by atoms with E-state index in [1.807, 2.05) is 6.08 Å². The summed E-state index contributed by atoms with van der Waals surface area (Å²) in [7, 11) is 0. The highest BCUT2D eigenvalue weighted by atomic mass is 15.2. The lowest BCUT2D eigenvalue weighted by molar-refractivity contribution is 0.658. The summed E-state index contributed by atoms with van der Waals surface area (Å²) in [4.78, 5) is 6.95. The van der Waals surface area contributed by atoms with Crippen LogP contribution < -0.4 is 10.2 Å². The minimum Gasteiger partial charge on any atom is -0.350 e. The second kappa shape index (κ2) is 7.88. The summed E-state index contributed by atoms with van der Waals surface area (Å²) in [5.41, 5.74) is 1.09. The predicted octanol–water partition coefficient (Wildman–Crippen LogP) is 2.98. The summed E-state index contributed by atoms with van der Waals surface area (Å²) in [5.74, 6) is 1.03. The Bertz CT molecular complexity index is 361. The van der Waals surface area contributed by atoms with Gasteiger partial charge < -0.3 is 10.2 Å². The summed E-state index contributed by atoms with van der Waals surface area (Å²) in [5, 5.41) is 3.38. The molecule has 1 rings (SSSR count). The molecule has 0 radical (unpaired) electrons. The molecule has 0 spiro atoms. The van der Waals surface area contributed by atoms with E-state index in [0.29, 0.717) is 6.04 Å². The number of hydrogen-bond donors (Lipinski definition) is 1. The van der Waals surface area contributed by atoms with Crippen LogP contribution in [0.5, 0.6) is 0 Å². The van der Waals surface area contributed by atoms with E-state index in [0.717, 1.165) is 37.6 Å². The number of nitrogens with one attached hydrogen (secondary N) is 1. The average molecular weight is 247 g/mol. The van der Waals surface area contributed by atoms with Crippen LogP contribution in [0.2, 0.25) is 0 Å². The maximum atomic E-state index is 4.70. The lowest BCUT2D eigenvalue weighted by Gasteiger charge is -2.26. The topological polar surface area (TPSA) is 28.2 Å². The number of aromatic nitrogens is 1. The minimum absolute atomic E-state index is 0.425. The van der Waals surface area contributed by atoms with Crippen molar-refractivity contribution in [3.63, 3.8) is 0 Å². The predicted molar refractivity (Wildman–Crippen MR) is 78.9 cm³/mol. The van der Waals surface area contributed by atoms with E-state index in [1.165, 1.54) is 0 Å². The van der Waals surface area contributed by atoms with E-state index in [1.54, 1.807) is 0 Å². The van der Waals surface area contributed by atoms with Crippen molar-refractivity contribution in [2.75, 3.05) is 18.0 Å². The molecule has 0 saturated carbocycles. The molecule has 0 fully saturated rings. The third-order valence-electron chi connectivity index (χ3n) is 2.77. The number of rotatable bonds is 8. The normalized spacial score (nSPS) is 10.7. The van der Waals surface area contributed by atoms with Crippen LogP contribution in [0.3, 0.4) is 0 Å². The van der Waals surface area contributed by atoms with Gasteiger partial charge in [0.1, 0.15) is 5.82 Å². The van der Waals surface area contributed by atoms with E-state index in [4.69, 9.17) is 4.98 Å². The highest BCUT2D eigenvalue weighted by Gasteiger charge is 2.10. The van der Waals surface area contributed by atoms with Crippen molar-refractivity contribution >= 4 is 5.82 Å². The van der Waals surface area contributed by atoms with Crippen LogP contribution in [0, 0.1) is 0 Å². The van der Waals surface area contributed by atoms with Gasteiger partial charge in [-0.3, -0.25) is 0 Å². The maximum absolute atomic E-state index is 4.70. The second-order valence-electron chi connectivity index (χ2n) is 4.70. The highest BCUT2D eigenvalue weighted by Crippen LogP contribution is 2.14. The van der Waals surface area contributed by atoms with Crippen molar-refractivity contribution in [2.45, 2.75) is 39.8 Å². The van der Waals surface area contributed by atoms with Crippen LogP contribution in [0.4, 0.5) is 5.82 Å². The molecule has 100 valence electrons. The van der Waals surface area contributed by atoms with E-state index in [-0.39, 0.29) is 0 Å². The van der Waals surface area contributed by atoms with Crippen molar-refractivity contribution in [2.24, 2.45) is 0 Å². The van der Waals surface area contributed by atoms with Crippen molar-refractivity contribution in [3.05, 3.63) is 36.5 Å².